The summed E-state index contributed by atoms with van der Waals surface area (Å²) in [5.74, 6) is 0.433. The van der Waals surface area contributed by atoms with Crippen molar-refractivity contribution in [2.75, 3.05) is 13.7 Å². The molecule has 114 valence electrons. The highest BCUT2D eigenvalue weighted by atomic mass is 32.2. The topological polar surface area (TPSA) is 112 Å². The van der Waals surface area contributed by atoms with E-state index >= 15 is 0 Å². The molecule has 2 rings (SSSR count). The lowest BCUT2D eigenvalue weighted by Gasteiger charge is -2.06. The number of pyridine rings is 1. The van der Waals surface area contributed by atoms with Gasteiger partial charge in [-0.1, -0.05) is 0 Å². The first-order valence-corrected chi connectivity index (χ1v) is 7.74. The molecule has 0 aromatic carbocycles. The lowest BCUT2D eigenvalue weighted by molar-refractivity contribution is 0.397. The van der Waals surface area contributed by atoms with Gasteiger partial charge in [0, 0.05) is 31.5 Å². The molecular formula is C12H17N5O3S. The summed E-state index contributed by atoms with van der Waals surface area (Å²) in [5, 5.41) is 3.94. The van der Waals surface area contributed by atoms with Crippen molar-refractivity contribution in [3.63, 3.8) is 0 Å². The lowest BCUT2D eigenvalue weighted by Crippen LogP contribution is -2.23. The zero-order chi connectivity index (χ0) is 15.3. The highest BCUT2D eigenvalue weighted by Gasteiger charge is 2.16. The van der Waals surface area contributed by atoms with Crippen LogP contribution in [-0.2, 0) is 23.1 Å². The molecule has 0 aliphatic heterocycles. The summed E-state index contributed by atoms with van der Waals surface area (Å²) in [6, 6.07) is 3.38. The Morgan fingerprint density at radius 2 is 2.29 bits per heavy atom. The van der Waals surface area contributed by atoms with Crippen molar-refractivity contribution >= 4 is 10.0 Å². The molecule has 3 N–H and O–H groups in total. The molecule has 2 aromatic rings. The molecule has 0 radical (unpaired) electrons. The van der Waals surface area contributed by atoms with Gasteiger partial charge in [-0.05, 0) is 11.6 Å². The van der Waals surface area contributed by atoms with E-state index in [1.54, 1.807) is 18.3 Å². The Hall–Kier alpha value is -1.97. The number of hydrogen-bond donors (Lipinski definition) is 2. The average Bonchev–Trinajstić information content (AvgIpc) is 2.95. The minimum absolute atomic E-state index is 0.108. The Bertz CT molecular complexity index is 698. The number of ether oxygens (including phenoxy) is 1. The van der Waals surface area contributed by atoms with Crippen LogP contribution in [0.1, 0.15) is 5.56 Å². The van der Waals surface area contributed by atoms with Gasteiger partial charge in [0.05, 0.1) is 19.9 Å². The SMILES string of the molecule is COc1cc(CNS(=O)(=O)c2cnn(CCN)c2)ccn1. The van der Waals surface area contributed by atoms with Crippen LogP contribution >= 0.6 is 0 Å². The van der Waals surface area contributed by atoms with Gasteiger partial charge in [0.15, 0.2) is 0 Å². The summed E-state index contributed by atoms with van der Waals surface area (Å²) in [6.45, 7) is 1.01. The van der Waals surface area contributed by atoms with E-state index in [4.69, 9.17) is 10.5 Å². The molecule has 8 nitrogen and oxygen atoms in total. The first kappa shape index (κ1) is 15.4. The van der Waals surface area contributed by atoms with Crippen LogP contribution in [0.3, 0.4) is 0 Å². The van der Waals surface area contributed by atoms with E-state index in [9.17, 15) is 8.42 Å². The van der Waals surface area contributed by atoms with Gasteiger partial charge in [-0.3, -0.25) is 4.68 Å². The summed E-state index contributed by atoms with van der Waals surface area (Å²) in [4.78, 5) is 4.07. The molecule has 0 bridgehead atoms. The first-order chi connectivity index (χ1) is 10.0. The van der Waals surface area contributed by atoms with Crippen molar-refractivity contribution in [3.8, 4) is 5.88 Å². The maximum atomic E-state index is 12.1. The minimum Gasteiger partial charge on any atom is -0.481 e. The number of aromatic nitrogens is 3. The van der Waals surface area contributed by atoms with Crippen molar-refractivity contribution in [2.45, 2.75) is 18.0 Å². The molecule has 0 spiro atoms. The third-order valence-electron chi connectivity index (χ3n) is 2.75. The van der Waals surface area contributed by atoms with Gasteiger partial charge in [0.2, 0.25) is 15.9 Å². The van der Waals surface area contributed by atoms with Crippen LogP contribution < -0.4 is 15.2 Å². The van der Waals surface area contributed by atoms with Gasteiger partial charge in [0.1, 0.15) is 4.90 Å². The zero-order valence-corrected chi connectivity index (χ0v) is 12.4. The minimum atomic E-state index is -3.61. The van der Waals surface area contributed by atoms with Crippen molar-refractivity contribution in [2.24, 2.45) is 5.73 Å². The van der Waals surface area contributed by atoms with E-state index in [-0.39, 0.29) is 11.4 Å². The molecule has 0 saturated heterocycles. The highest BCUT2D eigenvalue weighted by molar-refractivity contribution is 7.89. The van der Waals surface area contributed by atoms with E-state index in [0.29, 0.717) is 19.0 Å². The number of nitrogens with one attached hydrogen (secondary N) is 1. The van der Waals surface area contributed by atoms with Crippen molar-refractivity contribution in [1.29, 1.82) is 0 Å². The fourth-order valence-electron chi connectivity index (χ4n) is 1.67. The van der Waals surface area contributed by atoms with Crippen LogP contribution in [0, 0.1) is 0 Å². The molecule has 21 heavy (non-hydrogen) atoms. The van der Waals surface area contributed by atoms with E-state index in [1.807, 2.05) is 0 Å². The molecule has 0 aliphatic rings. The smallest absolute Gasteiger partial charge is 0.243 e. The number of nitrogens with zero attached hydrogens (tertiary/aromatic N) is 3. The molecule has 0 atom stereocenters. The molecule has 0 saturated carbocycles. The lowest BCUT2D eigenvalue weighted by atomic mass is 10.3. The van der Waals surface area contributed by atoms with Gasteiger partial charge >= 0.3 is 0 Å². The average molecular weight is 311 g/mol. The predicted molar refractivity (Wildman–Crippen MR) is 76.1 cm³/mol. The molecular weight excluding hydrogens is 294 g/mol. The van der Waals surface area contributed by atoms with Crippen LogP contribution in [0.15, 0.2) is 35.6 Å². The molecule has 0 fully saturated rings. The summed E-state index contributed by atoms with van der Waals surface area (Å²) in [6.07, 6.45) is 4.30. The maximum absolute atomic E-state index is 12.1. The Labute approximate surface area is 123 Å². The molecule has 2 heterocycles. The summed E-state index contributed by atoms with van der Waals surface area (Å²) < 4.78 is 33.3. The number of nitrogens with two attached hydrogens (primary N) is 1. The summed E-state index contributed by atoms with van der Waals surface area (Å²) in [7, 11) is -2.11. The van der Waals surface area contributed by atoms with Gasteiger partial charge < -0.3 is 10.5 Å². The van der Waals surface area contributed by atoms with Crippen LogP contribution in [-0.4, -0.2) is 36.8 Å². The second-order valence-corrected chi connectivity index (χ2v) is 6.03. The highest BCUT2D eigenvalue weighted by Crippen LogP contribution is 2.11. The largest absolute Gasteiger partial charge is 0.481 e. The molecule has 2 aromatic heterocycles. The van der Waals surface area contributed by atoms with Gasteiger partial charge in [0.25, 0.3) is 0 Å². The number of hydrogen-bond acceptors (Lipinski definition) is 6. The second kappa shape index (κ2) is 6.66. The third kappa shape index (κ3) is 4.00. The van der Waals surface area contributed by atoms with E-state index < -0.39 is 10.0 Å². The predicted octanol–water partition coefficient (Wildman–Crippen LogP) is -0.276. The Morgan fingerprint density at radius 1 is 1.48 bits per heavy atom. The molecule has 0 unspecified atom stereocenters. The summed E-state index contributed by atoms with van der Waals surface area (Å²) in [5.41, 5.74) is 6.15. The Morgan fingerprint density at radius 3 is 3.00 bits per heavy atom. The fourth-order valence-corrected chi connectivity index (χ4v) is 2.64. The number of sulfonamides is 1. The van der Waals surface area contributed by atoms with Crippen molar-refractivity contribution in [3.05, 3.63) is 36.3 Å². The normalized spacial score (nSPS) is 11.5. The van der Waals surface area contributed by atoms with Crippen LogP contribution in [0.4, 0.5) is 0 Å². The van der Waals surface area contributed by atoms with E-state index in [1.165, 1.54) is 24.2 Å². The summed E-state index contributed by atoms with van der Waals surface area (Å²) >= 11 is 0. The standard InChI is InChI=1S/C12H17N5O3S/c1-20-12-6-10(2-4-14-12)7-16-21(18,19)11-8-15-17(9-11)5-3-13/h2,4,6,8-9,16H,3,5,7,13H2,1H3. The van der Waals surface area contributed by atoms with Crippen LogP contribution in [0.2, 0.25) is 0 Å². The van der Waals surface area contributed by atoms with Crippen molar-refractivity contribution < 1.29 is 13.2 Å². The second-order valence-electron chi connectivity index (χ2n) is 4.26. The molecule has 9 heteroatoms. The fraction of sp³-hybridized carbons (Fsp3) is 0.333. The quantitative estimate of drug-likeness (QED) is 0.727. The van der Waals surface area contributed by atoms with E-state index in [2.05, 4.69) is 14.8 Å². The van der Waals surface area contributed by atoms with Crippen LogP contribution in [0.5, 0.6) is 5.88 Å². The molecule has 0 aliphatic carbocycles. The number of rotatable bonds is 7. The van der Waals surface area contributed by atoms with E-state index in [0.717, 1.165) is 5.56 Å². The first-order valence-electron chi connectivity index (χ1n) is 6.26. The monoisotopic (exact) mass is 311 g/mol. The Kier molecular flexibility index (Phi) is 4.89. The van der Waals surface area contributed by atoms with Gasteiger partial charge in [-0.2, -0.15) is 5.10 Å². The molecule has 0 amide bonds. The maximum Gasteiger partial charge on any atom is 0.243 e. The van der Waals surface area contributed by atoms with Gasteiger partial charge in [-0.15, -0.1) is 0 Å². The van der Waals surface area contributed by atoms with Crippen LogP contribution in [0.25, 0.3) is 0 Å². The Balaban J connectivity index is 2.06. The van der Waals surface area contributed by atoms with Crippen molar-refractivity contribution in [1.82, 2.24) is 19.5 Å². The zero-order valence-electron chi connectivity index (χ0n) is 11.6. The number of methoxy groups -OCH3 is 1. The van der Waals surface area contributed by atoms with Gasteiger partial charge in [-0.25, -0.2) is 18.1 Å². The third-order valence-corrected chi connectivity index (χ3v) is 4.11.